The molecule has 0 amide bonds. The zero-order valence-electron chi connectivity index (χ0n) is 15.1. The molecule has 24 heavy (non-hydrogen) atoms. The molecule has 1 aromatic rings. The van der Waals surface area contributed by atoms with E-state index in [-0.39, 0.29) is 0 Å². The number of nitrogens with zero attached hydrogens (tertiary/aromatic N) is 3. The molecule has 0 unspecified atom stereocenters. The van der Waals surface area contributed by atoms with Crippen LogP contribution in [0.5, 0.6) is 0 Å². The first-order chi connectivity index (χ1) is 11.9. The van der Waals surface area contributed by atoms with Gasteiger partial charge in [0.2, 0.25) is 0 Å². The van der Waals surface area contributed by atoms with E-state index < -0.39 is 0 Å². The SMILES string of the molecule is c1ccc(N2CCN([C@H]3CCCN(C4CCCCC4)C3)CC2)cc1. The Morgan fingerprint density at radius 1 is 0.625 bits per heavy atom. The van der Waals surface area contributed by atoms with Crippen molar-refractivity contribution in [2.75, 3.05) is 44.2 Å². The Hall–Kier alpha value is -1.06. The van der Waals surface area contributed by atoms with Crippen LogP contribution in [-0.4, -0.2) is 61.2 Å². The predicted octanol–water partition coefficient (Wildman–Crippen LogP) is 3.61. The van der Waals surface area contributed by atoms with Crippen molar-refractivity contribution in [1.29, 1.82) is 0 Å². The van der Waals surface area contributed by atoms with E-state index in [1.807, 2.05) is 0 Å². The molecular formula is C21H33N3. The summed E-state index contributed by atoms with van der Waals surface area (Å²) < 4.78 is 0. The van der Waals surface area contributed by atoms with Crippen LogP contribution in [0.3, 0.4) is 0 Å². The van der Waals surface area contributed by atoms with Crippen molar-refractivity contribution < 1.29 is 0 Å². The van der Waals surface area contributed by atoms with E-state index in [9.17, 15) is 0 Å². The van der Waals surface area contributed by atoms with Crippen molar-refractivity contribution >= 4 is 5.69 Å². The number of likely N-dealkylation sites (tertiary alicyclic amines) is 1. The first kappa shape index (κ1) is 16.4. The largest absolute Gasteiger partial charge is 0.369 e. The van der Waals surface area contributed by atoms with Gasteiger partial charge in [0, 0.05) is 50.5 Å². The number of piperazine rings is 1. The molecule has 0 aromatic heterocycles. The lowest BCUT2D eigenvalue weighted by Gasteiger charge is -2.46. The smallest absolute Gasteiger partial charge is 0.0367 e. The molecular weight excluding hydrogens is 294 g/mol. The van der Waals surface area contributed by atoms with Gasteiger partial charge in [0.05, 0.1) is 0 Å². The first-order valence-electron chi connectivity index (χ1n) is 10.2. The van der Waals surface area contributed by atoms with Gasteiger partial charge < -0.3 is 4.90 Å². The summed E-state index contributed by atoms with van der Waals surface area (Å²) in [4.78, 5) is 8.18. The Morgan fingerprint density at radius 2 is 1.33 bits per heavy atom. The Morgan fingerprint density at radius 3 is 2.08 bits per heavy atom. The van der Waals surface area contributed by atoms with Gasteiger partial charge in [0.1, 0.15) is 0 Å². The number of para-hydroxylation sites is 1. The summed E-state index contributed by atoms with van der Waals surface area (Å²) in [5.74, 6) is 0. The van der Waals surface area contributed by atoms with E-state index in [0.717, 1.165) is 12.1 Å². The van der Waals surface area contributed by atoms with Crippen LogP contribution in [0.15, 0.2) is 30.3 Å². The first-order valence-corrected chi connectivity index (χ1v) is 10.2. The maximum atomic E-state index is 2.84. The highest BCUT2D eigenvalue weighted by Gasteiger charge is 2.31. The van der Waals surface area contributed by atoms with Gasteiger partial charge in [-0.05, 0) is 44.4 Å². The second-order valence-corrected chi connectivity index (χ2v) is 7.94. The van der Waals surface area contributed by atoms with Crippen LogP contribution >= 0.6 is 0 Å². The van der Waals surface area contributed by atoms with E-state index in [1.165, 1.54) is 89.9 Å². The lowest BCUT2D eigenvalue weighted by molar-refractivity contribution is 0.0553. The number of anilines is 1. The van der Waals surface area contributed by atoms with Gasteiger partial charge >= 0.3 is 0 Å². The van der Waals surface area contributed by atoms with Gasteiger partial charge in [-0.3, -0.25) is 9.80 Å². The quantitative estimate of drug-likeness (QED) is 0.840. The molecule has 3 heteroatoms. The molecule has 1 aromatic carbocycles. The van der Waals surface area contributed by atoms with E-state index in [4.69, 9.17) is 0 Å². The fraction of sp³-hybridized carbons (Fsp3) is 0.714. The zero-order valence-corrected chi connectivity index (χ0v) is 15.1. The average Bonchev–Trinajstić information content (AvgIpc) is 2.70. The van der Waals surface area contributed by atoms with Crippen LogP contribution in [0.25, 0.3) is 0 Å². The Labute approximate surface area is 147 Å². The van der Waals surface area contributed by atoms with Gasteiger partial charge in [-0.1, -0.05) is 37.5 Å². The van der Waals surface area contributed by atoms with E-state index in [1.54, 1.807) is 0 Å². The third-order valence-electron chi connectivity index (χ3n) is 6.47. The Balaban J connectivity index is 1.30. The molecule has 2 aliphatic heterocycles. The molecule has 0 spiro atoms. The van der Waals surface area contributed by atoms with E-state index in [2.05, 4.69) is 45.0 Å². The number of hydrogen-bond acceptors (Lipinski definition) is 3. The second kappa shape index (κ2) is 7.88. The molecule has 4 rings (SSSR count). The Kier molecular flexibility index (Phi) is 5.39. The third kappa shape index (κ3) is 3.78. The predicted molar refractivity (Wildman–Crippen MR) is 102 cm³/mol. The minimum atomic E-state index is 0.804. The van der Waals surface area contributed by atoms with Crippen LogP contribution in [0, 0.1) is 0 Å². The topological polar surface area (TPSA) is 9.72 Å². The normalized spacial score (nSPS) is 28.2. The second-order valence-electron chi connectivity index (χ2n) is 7.94. The highest BCUT2D eigenvalue weighted by molar-refractivity contribution is 5.46. The van der Waals surface area contributed by atoms with Gasteiger partial charge in [0.15, 0.2) is 0 Å². The highest BCUT2D eigenvalue weighted by atomic mass is 15.3. The lowest BCUT2D eigenvalue weighted by atomic mass is 9.91. The van der Waals surface area contributed by atoms with Crippen LogP contribution in [0.4, 0.5) is 5.69 Å². The molecule has 2 saturated heterocycles. The minimum absolute atomic E-state index is 0.804. The van der Waals surface area contributed by atoms with Crippen molar-refractivity contribution in [2.45, 2.75) is 57.0 Å². The van der Waals surface area contributed by atoms with Gasteiger partial charge in [-0.15, -0.1) is 0 Å². The average molecular weight is 328 g/mol. The van der Waals surface area contributed by atoms with Crippen LogP contribution < -0.4 is 4.90 Å². The molecule has 0 bridgehead atoms. The lowest BCUT2D eigenvalue weighted by Crippen LogP contribution is -2.56. The van der Waals surface area contributed by atoms with E-state index in [0.29, 0.717) is 0 Å². The molecule has 0 N–H and O–H groups in total. The monoisotopic (exact) mass is 327 g/mol. The maximum Gasteiger partial charge on any atom is 0.0367 e. The molecule has 3 fully saturated rings. The van der Waals surface area contributed by atoms with Crippen molar-refractivity contribution in [3.05, 3.63) is 30.3 Å². The van der Waals surface area contributed by atoms with E-state index >= 15 is 0 Å². The number of rotatable bonds is 3. The van der Waals surface area contributed by atoms with Crippen LogP contribution in [-0.2, 0) is 0 Å². The van der Waals surface area contributed by atoms with Crippen molar-refractivity contribution in [3.8, 4) is 0 Å². The van der Waals surface area contributed by atoms with Crippen LogP contribution in [0.1, 0.15) is 44.9 Å². The molecule has 1 aliphatic carbocycles. The summed E-state index contributed by atoms with van der Waals surface area (Å²) in [6.45, 7) is 7.52. The van der Waals surface area contributed by atoms with Gasteiger partial charge in [-0.2, -0.15) is 0 Å². The summed E-state index contributed by atoms with van der Waals surface area (Å²) >= 11 is 0. The number of piperidine rings is 1. The van der Waals surface area contributed by atoms with Crippen molar-refractivity contribution in [1.82, 2.24) is 9.80 Å². The summed E-state index contributed by atoms with van der Waals surface area (Å²) in [5.41, 5.74) is 1.39. The minimum Gasteiger partial charge on any atom is -0.369 e. The van der Waals surface area contributed by atoms with Gasteiger partial charge in [0.25, 0.3) is 0 Å². The fourth-order valence-corrected chi connectivity index (χ4v) is 5.04. The molecule has 2 heterocycles. The van der Waals surface area contributed by atoms with Crippen LogP contribution in [0.2, 0.25) is 0 Å². The highest BCUT2D eigenvalue weighted by Crippen LogP contribution is 2.27. The molecule has 3 nitrogen and oxygen atoms in total. The molecule has 1 saturated carbocycles. The summed E-state index contributed by atoms with van der Waals surface area (Å²) in [6, 6.07) is 12.6. The maximum absolute atomic E-state index is 2.84. The zero-order chi connectivity index (χ0) is 16.2. The molecule has 0 radical (unpaired) electrons. The number of benzene rings is 1. The molecule has 3 aliphatic rings. The van der Waals surface area contributed by atoms with Crippen molar-refractivity contribution in [3.63, 3.8) is 0 Å². The molecule has 1 atom stereocenters. The Bertz CT molecular complexity index is 489. The fourth-order valence-electron chi connectivity index (χ4n) is 5.04. The van der Waals surface area contributed by atoms with Gasteiger partial charge in [-0.25, -0.2) is 0 Å². The number of hydrogen-bond donors (Lipinski definition) is 0. The summed E-state index contributed by atoms with van der Waals surface area (Å²) in [7, 11) is 0. The third-order valence-corrected chi connectivity index (χ3v) is 6.47. The summed E-state index contributed by atoms with van der Waals surface area (Å²) in [5, 5.41) is 0. The summed E-state index contributed by atoms with van der Waals surface area (Å²) in [6.07, 6.45) is 10.1. The standard InChI is InChI=1S/C21H33N3/c1-3-8-19(9-4-1)22-14-16-23(17-15-22)21-12-7-13-24(18-21)20-10-5-2-6-11-20/h1,3-4,8-9,20-21H,2,5-7,10-18H2/t21-/m0/s1. The van der Waals surface area contributed by atoms with Crippen molar-refractivity contribution in [2.24, 2.45) is 0 Å². The molecule has 132 valence electrons.